The Morgan fingerprint density at radius 3 is 2.73 bits per heavy atom. The second kappa shape index (κ2) is 8.58. The Hall–Kier alpha value is -2.02. The Morgan fingerprint density at radius 1 is 1.27 bits per heavy atom. The van der Waals surface area contributed by atoms with Gasteiger partial charge in [-0.05, 0) is 30.4 Å². The molecule has 0 bridgehead atoms. The highest BCUT2D eigenvalue weighted by Crippen LogP contribution is 2.32. The summed E-state index contributed by atoms with van der Waals surface area (Å²) in [5, 5.41) is 12.0. The molecule has 6 nitrogen and oxygen atoms in total. The fraction of sp³-hybridized carbons (Fsp3) is 0.526. The van der Waals surface area contributed by atoms with Gasteiger partial charge in [-0.15, -0.1) is 10.2 Å². The van der Waals surface area contributed by atoms with Crippen molar-refractivity contribution in [2.45, 2.75) is 62.9 Å². The lowest BCUT2D eigenvalue weighted by molar-refractivity contribution is -0.113. The van der Waals surface area contributed by atoms with E-state index < -0.39 is 0 Å². The lowest BCUT2D eigenvalue weighted by Gasteiger charge is -2.20. The van der Waals surface area contributed by atoms with Gasteiger partial charge in [0, 0.05) is 11.6 Å². The molecular formula is C19H27N5OS. The van der Waals surface area contributed by atoms with Crippen molar-refractivity contribution in [2.24, 2.45) is 0 Å². The van der Waals surface area contributed by atoms with E-state index in [1.54, 1.807) is 4.68 Å². The molecule has 2 aromatic rings. The van der Waals surface area contributed by atoms with E-state index >= 15 is 0 Å². The van der Waals surface area contributed by atoms with Crippen LogP contribution in [0.2, 0.25) is 0 Å². The van der Waals surface area contributed by atoms with Crippen LogP contribution in [0.5, 0.6) is 0 Å². The highest BCUT2D eigenvalue weighted by molar-refractivity contribution is 7.99. The number of aromatic nitrogens is 3. The largest absolute Gasteiger partial charge is 0.336 e. The molecule has 1 saturated carbocycles. The van der Waals surface area contributed by atoms with E-state index in [0.29, 0.717) is 17.0 Å². The number of anilines is 1. The smallest absolute Gasteiger partial charge is 0.234 e. The predicted molar refractivity (Wildman–Crippen MR) is 106 cm³/mol. The number of rotatable bonds is 6. The third-order valence-electron chi connectivity index (χ3n) is 4.85. The standard InChI is InChI=1S/C19H27N5OS/c1-13(2)15-10-6-7-11-16(15)21-17(25)12-26-19-23-22-18(24(19)20)14-8-4-3-5-9-14/h6-7,10-11,13-14H,3-5,8-9,12,20H2,1-2H3,(H,21,25). The summed E-state index contributed by atoms with van der Waals surface area (Å²) in [6.07, 6.45) is 5.96. The zero-order chi connectivity index (χ0) is 18.5. The number of nitrogen functional groups attached to an aromatic ring is 1. The van der Waals surface area contributed by atoms with Gasteiger partial charge in [-0.2, -0.15) is 0 Å². The SMILES string of the molecule is CC(C)c1ccccc1NC(=O)CSc1nnc(C2CCCCC2)n1N. The average molecular weight is 374 g/mol. The topological polar surface area (TPSA) is 85.8 Å². The molecular weight excluding hydrogens is 346 g/mol. The molecule has 7 heteroatoms. The number of amides is 1. The number of nitrogens with one attached hydrogen (secondary N) is 1. The Kier molecular flexibility index (Phi) is 6.19. The molecule has 0 radical (unpaired) electrons. The number of para-hydroxylation sites is 1. The summed E-state index contributed by atoms with van der Waals surface area (Å²) < 4.78 is 1.57. The van der Waals surface area contributed by atoms with Crippen LogP contribution in [0.4, 0.5) is 5.69 Å². The number of hydrogen-bond donors (Lipinski definition) is 2. The maximum absolute atomic E-state index is 12.4. The summed E-state index contributed by atoms with van der Waals surface area (Å²) in [6.45, 7) is 4.23. The van der Waals surface area contributed by atoms with Crippen molar-refractivity contribution in [3.05, 3.63) is 35.7 Å². The first-order valence-corrected chi connectivity index (χ1v) is 10.3. The summed E-state index contributed by atoms with van der Waals surface area (Å²) in [7, 11) is 0. The Labute approximate surface area is 158 Å². The van der Waals surface area contributed by atoms with Crippen LogP contribution < -0.4 is 11.2 Å². The molecule has 0 saturated heterocycles. The van der Waals surface area contributed by atoms with E-state index in [-0.39, 0.29) is 11.7 Å². The summed E-state index contributed by atoms with van der Waals surface area (Å²) in [5.74, 6) is 7.96. The highest BCUT2D eigenvalue weighted by atomic mass is 32.2. The molecule has 0 atom stereocenters. The Morgan fingerprint density at radius 2 is 2.00 bits per heavy atom. The molecule has 1 aromatic carbocycles. The van der Waals surface area contributed by atoms with Gasteiger partial charge in [0.1, 0.15) is 0 Å². The van der Waals surface area contributed by atoms with Crippen molar-refractivity contribution < 1.29 is 4.79 Å². The van der Waals surface area contributed by atoms with Gasteiger partial charge >= 0.3 is 0 Å². The molecule has 0 unspecified atom stereocenters. The van der Waals surface area contributed by atoms with Crippen LogP contribution in [-0.4, -0.2) is 26.5 Å². The summed E-state index contributed by atoms with van der Waals surface area (Å²) in [4.78, 5) is 12.4. The number of nitrogens with zero attached hydrogens (tertiary/aromatic N) is 3. The zero-order valence-electron chi connectivity index (χ0n) is 15.4. The van der Waals surface area contributed by atoms with Gasteiger partial charge in [0.05, 0.1) is 5.75 Å². The first-order chi connectivity index (χ1) is 12.6. The van der Waals surface area contributed by atoms with Crippen LogP contribution in [0.15, 0.2) is 29.4 Å². The second-order valence-electron chi connectivity index (χ2n) is 7.12. The molecule has 1 amide bonds. The third-order valence-corrected chi connectivity index (χ3v) is 5.79. The van der Waals surface area contributed by atoms with E-state index in [1.807, 2.05) is 24.3 Å². The average Bonchev–Trinajstić information content (AvgIpc) is 3.01. The van der Waals surface area contributed by atoms with Crippen LogP contribution in [0.25, 0.3) is 0 Å². The maximum Gasteiger partial charge on any atom is 0.234 e. The highest BCUT2D eigenvalue weighted by Gasteiger charge is 2.23. The van der Waals surface area contributed by atoms with E-state index in [1.165, 1.54) is 31.0 Å². The van der Waals surface area contributed by atoms with Crippen LogP contribution in [0.3, 0.4) is 0 Å². The van der Waals surface area contributed by atoms with E-state index in [9.17, 15) is 4.79 Å². The van der Waals surface area contributed by atoms with Gasteiger partial charge < -0.3 is 11.2 Å². The lowest BCUT2D eigenvalue weighted by Crippen LogP contribution is -2.20. The van der Waals surface area contributed by atoms with Crippen molar-refractivity contribution in [3.63, 3.8) is 0 Å². The fourth-order valence-electron chi connectivity index (χ4n) is 3.46. The lowest BCUT2D eigenvalue weighted by atomic mass is 9.89. The van der Waals surface area contributed by atoms with Crippen LogP contribution in [0.1, 0.15) is 69.2 Å². The van der Waals surface area contributed by atoms with Crippen LogP contribution in [-0.2, 0) is 4.79 Å². The monoisotopic (exact) mass is 373 g/mol. The third kappa shape index (κ3) is 4.38. The number of benzene rings is 1. The fourth-order valence-corrected chi connectivity index (χ4v) is 4.12. The normalized spacial score (nSPS) is 15.3. The molecule has 140 valence electrons. The van der Waals surface area contributed by atoms with Gasteiger partial charge in [-0.3, -0.25) is 4.79 Å². The predicted octanol–water partition coefficient (Wildman–Crippen LogP) is 3.89. The first kappa shape index (κ1) is 18.8. The van der Waals surface area contributed by atoms with Crippen molar-refractivity contribution in [1.29, 1.82) is 0 Å². The van der Waals surface area contributed by atoms with Crippen LogP contribution >= 0.6 is 11.8 Å². The number of carbonyl (C=O) groups is 1. The molecule has 0 spiro atoms. The summed E-state index contributed by atoms with van der Waals surface area (Å²) >= 11 is 1.33. The van der Waals surface area contributed by atoms with E-state index in [2.05, 4.69) is 29.4 Å². The molecule has 1 heterocycles. The molecule has 1 fully saturated rings. The van der Waals surface area contributed by atoms with Gasteiger partial charge in [0.15, 0.2) is 5.82 Å². The molecule has 1 aliphatic rings. The zero-order valence-corrected chi connectivity index (χ0v) is 16.3. The number of carbonyl (C=O) groups excluding carboxylic acids is 1. The van der Waals surface area contributed by atoms with E-state index in [0.717, 1.165) is 29.9 Å². The maximum atomic E-state index is 12.4. The van der Waals surface area contributed by atoms with Gasteiger partial charge in [0.2, 0.25) is 11.1 Å². The number of thioether (sulfide) groups is 1. The van der Waals surface area contributed by atoms with E-state index in [4.69, 9.17) is 5.84 Å². The van der Waals surface area contributed by atoms with Gasteiger partial charge in [-0.1, -0.05) is 63.1 Å². The van der Waals surface area contributed by atoms with Crippen molar-refractivity contribution in [3.8, 4) is 0 Å². The molecule has 1 aromatic heterocycles. The molecule has 3 N–H and O–H groups in total. The quantitative estimate of drug-likeness (QED) is 0.592. The van der Waals surface area contributed by atoms with Gasteiger partial charge in [-0.25, -0.2) is 4.68 Å². The second-order valence-corrected chi connectivity index (χ2v) is 8.07. The van der Waals surface area contributed by atoms with Gasteiger partial charge in [0.25, 0.3) is 0 Å². The minimum atomic E-state index is -0.0645. The summed E-state index contributed by atoms with van der Waals surface area (Å²) in [5.41, 5.74) is 2.00. The Balaban J connectivity index is 1.59. The minimum Gasteiger partial charge on any atom is -0.336 e. The minimum absolute atomic E-state index is 0.0645. The van der Waals surface area contributed by atoms with Crippen molar-refractivity contribution >= 4 is 23.4 Å². The molecule has 26 heavy (non-hydrogen) atoms. The number of nitrogens with two attached hydrogens (primary N) is 1. The molecule has 0 aliphatic heterocycles. The Bertz CT molecular complexity index is 752. The summed E-state index contributed by atoms with van der Waals surface area (Å²) in [6, 6.07) is 7.90. The van der Waals surface area contributed by atoms with Crippen molar-refractivity contribution in [1.82, 2.24) is 14.9 Å². The molecule has 3 rings (SSSR count). The van der Waals surface area contributed by atoms with Crippen LogP contribution in [0, 0.1) is 0 Å². The first-order valence-electron chi connectivity index (χ1n) is 9.28. The molecule has 1 aliphatic carbocycles. The van der Waals surface area contributed by atoms with Crippen molar-refractivity contribution in [2.75, 3.05) is 16.9 Å². The number of hydrogen-bond acceptors (Lipinski definition) is 5.